The average Bonchev–Trinajstić information content (AvgIpc) is 2.26. The highest BCUT2D eigenvalue weighted by Crippen LogP contribution is 2.03. The van der Waals surface area contributed by atoms with E-state index in [-0.39, 0.29) is 12.1 Å². The quantitative estimate of drug-likeness (QED) is 0.565. The van der Waals surface area contributed by atoms with Crippen molar-refractivity contribution >= 4 is 11.9 Å². The molecule has 0 unspecified atom stereocenters. The topological polar surface area (TPSA) is 110 Å². The van der Waals surface area contributed by atoms with Crippen LogP contribution < -0.4 is 5.32 Å². The summed E-state index contributed by atoms with van der Waals surface area (Å²) in [6.45, 7) is -0.639. The Morgan fingerprint density at radius 3 is 2.35 bits per heavy atom. The standard InChI is InChI=1S/C10H10N2O5/c13-9(6-12(16)17)11-5-7-1-3-8(4-2-7)10(14)15/h1-4H,5-6H2,(H,11,13)(H,14,15). The first kappa shape index (κ1) is 12.6. The number of benzene rings is 1. The second-order valence-electron chi connectivity index (χ2n) is 3.27. The molecule has 0 aliphatic carbocycles. The molecule has 1 amide bonds. The van der Waals surface area contributed by atoms with Crippen LogP contribution in [0.2, 0.25) is 0 Å². The molecule has 17 heavy (non-hydrogen) atoms. The molecule has 0 saturated carbocycles. The zero-order chi connectivity index (χ0) is 12.8. The number of nitrogens with zero attached hydrogens (tertiary/aromatic N) is 1. The summed E-state index contributed by atoms with van der Waals surface area (Å²) < 4.78 is 0. The number of amides is 1. The minimum atomic E-state index is -1.03. The van der Waals surface area contributed by atoms with Crippen molar-refractivity contribution < 1.29 is 19.6 Å². The van der Waals surface area contributed by atoms with Gasteiger partial charge in [-0.2, -0.15) is 0 Å². The molecule has 90 valence electrons. The van der Waals surface area contributed by atoms with Crippen molar-refractivity contribution in [2.45, 2.75) is 6.54 Å². The molecule has 0 atom stereocenters. The summed E-state index contributed by atoms with van der Waals surface area (Å²) in [5, 5.41) is 21.0. The van der Waals surface area contributed by atoms with Gasteiger partial charge in [0.15, 0.2) is 0 Å². The fourth-order valence-electron chi connectivity index (χ4n) is 1.14. The average molecular weight is 238 g/mol. The van der Waals surface area contributed by atoms with Crippen molar-refractivity contribution in [2.24, 2.45) is 0 Å². The molecule has 0 bridgehead atoms. The van der Waals surface area contributed by atoms with Crippen molar-refractivity contribution in [1.29, 1.82) is 0 Å². The van der Waals surface area contributed by atoms with Crippen LogP contribution in [0.15, 0.2) is 24.3 Å². The molecule has 0 fully saturated rings. The van der Waals surface area contributed by atoms with Crippen LogP contribution >= 0.6 is 0 Å². The summed E-state index contributed by atoms with van der Waals surface area (Å²) in [5.41, 5.74) is 0.817. The first-order valence-corrected chi connectivity index (χ1v) is 4.70. The predicted octanol–water partition coefficient (Wildman–Crippen LogP) is 0.278. The van der Waals surface area contributed by atoms with Crippen molar-refractivity contribution in [3.63, 3.8) is 0 Å². The van der Waals surface area contributed by atoms with E-state index < -0.39 is 23.3 Å². The lowest BCUT2D eigenvalue weighted by atomic mass is 10.1. The maximum absolute atomic E-state index is 11.0. The van der Waals surface area contributed by atoms with Crippen LogP contribution in [0, 0.1) is 10.1 Å². The van der Waals surface area contributed by atoms with Gasteiger partial charge in [0, 0.05) is 11.5 Å². The van der Waals surface area contributed by atoms with Crippen molar-refractivity contribution in [2.75, 3.05) is 6.54 Å². The molecule has 1 aromatic carbocycles. The molecule has 1 rings (SSSR count). The number of carboxylic acid groups (broad SMARTS) is 1. The Balaban J connectivity index is 2.50. The van der Waals surface area contributed by atoms with Gasteiger partial charge in [-0.3, -0.25) is 14.9 Å². The Labute approximate surface area is 96.2 Å². The highest BCUT2D eigenvalue weighted by Gasteiger charge is 2.08. The van der Waals surface area contributed by atoms with E-state index in [1.54, 1.807) is 0 Å². The lowest BCUT2D eigenvalue weighted by molar-refractivity contribution is -0.467. The maximum atomic E-state index is 11.0. The van der Waals surface area contributed by atoms with Gasteiger partial charge < -0.3 is 10.4 Å². The van der Waals surface area contributed by atoms with Crippen LogP contribution in [0.1, 0.15) is 15.9 Å². The summed E-state index contributed by atoms with van der Waals surface area (Å²) in [6, 6.07) is 5.88. The first-order valence-electron chi connectivity index (χ1n) is 4.70. The third-order valence-electron chi connectivity index (χ3n) is 1.96. The van der Waals surface area contributed by atoms with E-state index in [0.29, 0.717) is 5.56 Å². The molecular weight excluding hydrogens is 228 g/mol. The summed E-state index contributed by atoms with van der Waals surface area (Å²) in [7, 11) is 0. The Hall–Kier alpha value is -2.44. The molecule has 7 heteroatoms. The predicted molar refractivity (Wildman–Crippen MR) is 57.1 cm³/mol. The largest absolute Gasteiger partial charge is 0.478 e. The number of hydrogen-bond acceptors (Lipinski definition) is 4. The van der Waals surface area contributed by atoms with Crippen molar-refractivity contribution in [3.05, 3.63) is 45.5 Å². The van der Waals surface area contributed by atoms with Crippen LogP contribution in [0.3, 0.4) is 0 Å². The summed E-state index contributed by atoms with van der Waals surface area (Å²) >= 11 is 0. The molecule has 2 N–H and O–H groups in total. The van der Waals surface area contributed by atoms with Gasteiger partial charge >= 0.3 is 5.97 Å². The summed E-state index contributed by atoms with van der Waals surface area (Å²) in [6.07, 6.45) is 0. The highest BCUT2D eigenvalue weighted by molar-refractivity contribution is 5.87. The Morgan fingerprint density at radius 2 is 1.88 bits per heavy atom. The Kier molecular flexibility index (Phi) is 4.15. The number of rotatable bonds is 5. The van der Waals surface area contributed by atoms with Crippen LogP contribution in [0.5, 0.6) is 0 Å². The molecule has 0 aliphatic heterocycles. The number of carboxylic acids is 1. The summed E-state index contributed by atoms with van der Waals surface area (Å²) in [4.78, 5) is 30.8. The number of carbonyl (C=O) groups excluding carboxylic acids is 1. The van der Waals surface area contributed by atoms with E-state index in [1.165, 1.54) is 24.3 Å². The Morgan fingerprint density at radius 1 is 1.29 bits per heavy atom. The zero-order valence-corrected chi connectivity index (χ0v) is 8.75. The zero-order valence-electron chi connectivity index (χ0n) is 8.75. The molecule has 0 spiro atoms. The van der Waals surface area contributed by atoms with E-state index in [2.05, 4.69) is 5.32 Å². The molecule has 7 nitrogen and oxygen atoms in total. The van der Waals surface area contributed by atoms with E-state index in [0.717, 1.165) is 0 Å². The van der Waals surface area contributed by atoms with Crippen LogP contribution in [0.4, 0.5) is 0 Å². The second-order valence-corrected chi connectivity index (χ2v) is 3.27. The van der Waals surface area contributed by atoms with Crippen molar-refractivity contribution in [1.82, 2.24) is 5.32 Å². The van der Waals surface area contributed by atoms with Crippen LogP contribution in [-0.2, 0) is 11.3 Å². The fraction of sp³-hybridized carbons (Fsp3) is 0.200. The van der Waals surface area contributed by atoms with E-state index >= 15 is 0 Å². The van der Waals surface area contributed by atoms with Gasteiger partial charge in [0.25, 0.3) is 12.5 Å². The van der Waals surface area contributed by atoms with E-state index in [4.69, 9.17) is 5.11 Å². The lowest BCUT2D eigenvalue weighted by Crippen LogP contribution is -2.29. The second kappa shape index (κ2) is 5.59. The Bertz CT molecular complexity index is 441. The number of nitrogens with one attached hydrogen (secondary N) is 1. The number of carbonyl (C=O) groups is 2. The molecule has 0 saturated heterocycles. The van der Waals surface area contributed by atoms with E-state index in [9.17, 15) is 19.7 Å². The molecule has 0 heterocycles. The number of nitro groups is 1. The van der Waals surface area contributed by atoms with Gasteiger partial charge in [-0.1, -0.05) is 12.1 Å². The minimum Gasteiger partial charge on any atom is -0.478 e. The van der Waals surface area contributed by atoms with Gasteiger partial charge in [0.1, 0.15) is 0 Å². The van der Waals surface area contributed by atoms with Gasteiger partial charge in [-0.15, -0.1) is 0 Å². The van der Waals surface area contributed by atoms with Gasteiger partial charge in [0.2, 0.25) is 0 Å². The number of aromatic carboxylic acids is 1. The monoisotopic (exact) mass is 238 g/mol. The van der Waals surface area contributed by atoms with Crippen LogP contribution in [-0.4, -0.2) is 28.5 Å². The van der Waals surface area contributed by atoms with Gasteiger partial charge in [-0.25, -0.2) is 4.79 Å². The normalized spacial score (nSPS) is 9.65. The smallest absolute Gasteiger partial charge is 0.335 e. The first-order chi connectivity index (χ1) is 7.99. The summed E-state index contributed by atoms with van der Waals surface area (Å²) in [5.74, 6) is -1.72. The third kappa shape index (κ3) is 4.29. The SMILES string of the molecule is O=C(C[N+](=O)[O-])NCc1ccc(C(=O)O)cc1. The van der Waals surface area contributed by atoms with E-state index in [1.807, 2.05) is 0 Å². The fourth-order valence-corrected chi connectivity index (χ4v) is 1.14. The molecule has 0 radical (unpaired) electrons. The molecule has 0 aliphatic rings. The third-order valence-corrected chi connectivity index (χ3v) is 1.96. The highest BCUT2D eigenvalue weighted by atomic mass is 16.6. The van der Waals surface area contributed by atoms with Crippen LogP contribution in [0.25, 0.3) is 0 Å². The number of hydrogen-bond donors (Lipinski definition) is 2. The lowest BCUT2D eigenvalue weighted by Gasteiger charge is -2.03. The van der Waals surface area contributed by atoms with Gasteiger partial charge in [-0.05, 0) is 17.7 Å². The van der Waals surface area contributed by atoms with Gasteiger partial charge in [0.05, 0.1) is 5.56 Å². The van der Waals surface area contributed by atoms with Crippen molar-refractivity contribution in [3.8, 4) is 0 Å². The molecule has 0 aromatic heterocycles. The molecule has 1 aromatic rings. The maximum Gasteiger partial charge on any atom is 0.335 e. The minimum absolute atomic E-state index is 0.132. The molecular formula is C10H10N2O5.